The highest BCUT2D eigenvalue weighted by Crippen LogP contribution is 2.14. The summed E-state index contributed by atoms with van der Waals surface area (Å²) in [5, 5.41) is 0. The number of rotatable bonds is 6. The first-order valence-corrected chi connectivity index (χ1v) is 8.84. The highest BCUT2D eigenvalue weighted by Gasteiger charge is 2.28. The van der Waals surface area contributed by atoms with Crippen LogP contribution in [-0.4, -0.2) is 31.3 Å². The lowest BCUT2D eigenvalue weighted by atomic mass is 10.3. The number of benzene rings is 1. The lowest BCUT2D eigenvalue weighted by Gasteiger charge is -2.16. The summed E-state index contributed by atoms with van der Waals surface area (Å²) < 4.78 is 31.2. The van der Waals surface area contributed by atoms with E-state index in [1.54, 1.807) is 19.2 Å². The third-order valence-electron chi connectivity index (χ3n) is 3.22. The van der Waals surface area contributed by atoms with E-state index in [-0.39, 0.29) is 28.0 Å². The number of ether oxygens (including phenoxy) is 1. The quantitative estimate of drug-likeness (QED) is 0.258. The summed E-state index contributed by atoms with van der Waals surface area (Å²) in [5.41, 5.74) is 0.0220. The second-order valence-corrected chi connectivity index (χ2v) is 6.80. The zero-order chi connectivity index (χ0) is 18.4. The smallest absolute Gasteiger partial charge is 0.372 e. The number of carbonyl (C=O) groups is 2. The molecule has 9 heteroatoms. The normalized spacial score (nSPS) is 11.0. The number of sulfonamides is 1. The lowest BCUT2D eigenvalue weighted by Crippen LogP contribution is -2.44. The fourth-order valence-corrected chi connectivity index (χ4v) is 3.10. The minimum Gasteiger partial charge on any atom is -0.461 e. The van der Waals surface area contributed by atoms with Crippen molar-refractivity contribution in [2.75, 3.05) is 6.61 Å². The van der Waals surface area contributed by atoms with Gasteiger partial charge in [-0.25, -0.2) is 10.6 Å². The molecule has 1 heterocycles. The van der Waals surface area contributed by atoms with Crippen LogP contribution in [0.5, 0.6) is 0 Å². The van der Waals surface area contributed by atoms with E-state index in [2.05, 4.69) is 0 Å². The van der Waals surface area contributed by atoms with Crippen LogP contribution < -0.4 is 10.4 Å². The fourth-order valence-electron chi connectivity index (χ4n) is 2.04. The molecule has 0 spiro atoms. The molecular formula is C16H18N3O5S+. The van der Waals surface area contributed by atoms with Crippen LogP contribution in [0.3, 0.4) is 0 Å². The molecule has 0 aliphatic carbocycles. The minimum absolute atomic E-state index is 0.0220. The van der Waals surface area contributed by atoms with E-state index in [0.29, 0.717) is 0 Å². The number of hydrazine groups is 1. The average Bonchev–Trinajstić information content (AvgIpc) is 2.61. The topological polar surface area (TPSA) is 111 Å². The number of hydrogen-bond donors (Lipinski definition) is 1. The Hall–Kier alpha value is -2.78. The van der Waals surface area contributed by atoms with Gasteiger partial charge in [-0.3, -0.25) is 4.79 Å². The van der Waals surface area contributed by atoms with E-state index in [1.807, 2.05) is 0 Å². The van der Waals surface area contributed by atoms with Crippen LogP contribution in [0.4, 0.5) is 0 Å². The Morgan fingerprint density at radius 2 is 1.84 bits per heavy atom. The molecule has 1 amide bonds. The number of carbonyl (C=O) groups excluding carboxylic acids is 2. The molecular weight excluding hydrogens is 346 g/mol. The van der Waals surface area contributed by atoms with Crippen molar-refractivity contribution >= 4 is 21.9 Å². The van der Waals surface area contributed by atoms with Gasteiger partial charge in [0.05, 0.1) is 11.5 Å². The third-order valence-corrected chi connectivity index (χ3v) is 4.77. The lowest BCUT2D eigenvalue weighted by molar-refractivity contribution is -0.686. The van der Waals surface area contributed by atoms with Crippen molar-refractivity contribution < 1.29 is 27.3 Å². The molecule has 2 N–H and O–H groups in total. The molecule has 2 aromatic rings. The SMILES string of the molecule is CCOC(=O)C[n+]1cccc(C(=O)N(N)S(=O)(=O)c2ccccc2)c1. The van der Waals surface area contributed by atoms with E-state index < -0.39 is 21.9 Å². The molecule has 0 aliphatic rings. The highest BCUT2D eigenvalue weighted by molar-refractivity contribution is 7.89. The Morgan fingerprint density at radius 3 is 2.48 bits per heavy atom. The van der Waals surface area contributed by atoms with Crippen molar-refractivity contribution in [2.24, 2.45) is 5.84 Å². The molecule has 0 bridgehead atoms. The van der Waals surface area contributed by atoms with Crippen LogP contribution >= 0.6 is 0 Å². The van der Waals surface area contributed by atoms with Gasteiger partial charge < -0.3 is 4.74 Å². The molecule has 25 heavy (non-hydrogen) atoms. The van der Waals surface area contributed by atoms with E-state index in [1.165, 1.54) is 47.2 Å². The van der Waals surface area contributed by atoms with E-state index in [0.717, 1.165) is 0 Å². The Kier molecular flexibility index (Phi) is 5.84. The van der Waals surface area contributed by atoms with Crippen molar-refractivity contribution in [3.63, 3.8) is 0 Å². The number of aromatic nitrogens is 1. The summed E-state index contributed by atoms with van der Waals surface area (Å²) in [4.78, 5) is 23.8. The molecule has 0 radical (unpaired) electrons. The first kappa shape index (κ1) is 18.6. The van der Waals surface area contributed by atoms with Crippen LogP contribution in [-0.2, 0) is 26.1 Å². The summed E-state index contributed by atoms with van der Waals surface area (Å²) in [6.45, 7) is 1.82. The maximum absolute atomic E-state index is 12.4. The van der Waals surface area contributed by atoms with Crippen LogP contribution in [0.15, 0.2) is 59.8 Å². The minimum atomic E-state index is -4.17. The molecule has 0 saturated heterocycles. The van der Waals surface area contributed by atoms with Crippen LogP contribution in [0.2, 0.25) is 0 Å². The van der Waals surface area contributed by atoms with E-state index >= 15 is 0 Å². The second-order valence-electron chi connectivity index (χ2n) is 4.99. The van der Waals surface area contributed by atoms with Crippen molar-refractivity contribution in [1.29, 1.82) is 0 Å². The Labute approximate surface area is 145 Å². The Morgan fingerprint density at radius 1 is 1.16 bits per heavy atom. The maximum Gasteiger partial charge on any atom is 0.372 e. The third kappa shape index (κ3) is 4.40. The Bertz CT molecular complexity index is 868. The molecule has 1 aromatic carbocycles. The average molecular weight is 364 g/mol. The number of pyridine rings is 1. The van der Waals surface area contributed by atoms with Crippen molar-refractivity contribution in [3.8, 4) is 0 Å². The van der Waals surface area contributed by atoms with Gasteiger partial charge in [-0.2, -0.15) is 17.4 Å². The van der Waals surface area contributed by atoms with Gasteiger partial charge in [0.2, 0.25) is 6.54 Å². The van der Waals surface area contributed by atoms with Crippen LogP contribution in [0, 0.1) is 0 Å². The monoisotopic (exact) mass is 364 g/mol. The first-order chi connectivity index (χ1) is 11.9. The van der Waals surface area contributed by atoms with Crippen molar-refractivity contribution in [2.45, 2.75) is 18.4 Å². The molecule has 0 unspecified atom stereocenters. The number of nitrogens with two attached hydrogens (primary N) is 1. The molecule has 0 saturated carbocycles. The van der Waals surface area contributed by atoms with Gasteiger partial charge in [-0.05, 0) is 25.1 Å². The van der Waals surface area contributed by atoms with E-state index in [4.69, 9.17) is 10.6 Å². The largest absolute Gasteiger partial charge is 0.461 e. The van der Waals surface area contributed by atoms with Crippen LogP contribution in [0.25, 0.3) is 0 Å². The van der Waals surface area contributed by atoms with Gasteiger partial charge in [0, 0.05) is 6.07 Å². The van der Waals surface area contributed by atoms with Gasteiger partial charge in [-0.15, -0.1) is 0 Å². The predicted octanol–water partition coefficient (Wildman–Crippen LogP) is 0.242. The summed E-state index contributed by atoms with van der Waals surface area (Å²) in [5.74, 6) is 4.16. The standard InChI is InChI=1S/C16H18N3O5S/c1-2-24-15(20)12-18-10-6-7-13(11-18)16(21)19(17)25(22,23)14-8-4-3-5-9-14/h3-11H,2,12,17H2,1H3/q+1. The summed E-state index contributed by atoms with van der Waals surface area (Å²) in [6.07, 6.45) is 2.89. The zero-order valence-electron chi connectivity index (χ0n) is 13.5. The van der Waals surface area contributed by atoms with Gasteiger partial charge in [0.1, 0.15) is 5.56 Å². The predicted molar refractivity (Wildman–Crippen MR) is 87.3 cm³/mol. The van der Waals surface area contributed by atoms with Crippen LogP contribution in [0.1, 0.15) is 17.3 Å². The first-order valence-electron chi connectivity index (χ1n) is 7.40. The Balaban J connectivity index is 2.24. The van der Waals surface area contributed by atoms with Crippen molar-refractivity contribution in [3.05, 3.63) is 60.4 Å². The number of hydrogen-bond acceptors (Lipinski definition) is 6. The van der Waals surface area contributed by atoms with Gasteiger partial charge in [-0.1, -0.05) is 18.2 Å². The van der Waals surface area contributed by atoms with Gasteiger partial charge in [0.15, 0.2) is 12.4 Å². The summed E-state index contributed by atoms with van der Waals surface area (Å²) in [6, 6.07) is 10.3. The highest BCUT2D eigenvalue weighted by atomic mass is 32.2. The molecule has 2 rings (SSSR count). The molecule has 0 atom stereocenters. The van der Waals surface area contributed by atoms with E-state index in [9.17, 15) is 18.0 Å². The van der Waals surface area contributed by atoms with Gasteiger partial charge in [0.25, 0.3) is 15.9 Å². The molecule has 1 aromatic heterocycles. The number of esters is 1. The molecule has 0 fully saturated rings. The maximum atomic E-state index is 12.4. The zero-order valence-corrected chi connectivity index (χ0v) is 14.3. The van der Waals surface area contributed by atoms with Crippen molar-refractivity contribution in [1.82, 2.24) is 4.41 Å². The molecule has 0 aliphatic heterocycles. The summed E-state index contributed by atoms with van der Waals surface area (Å²) >= 11 is 0. The second kappa shape index (κ2) is 7.86. The fraction of sp³-hybridized carbons (Fsp3) is 0.188. The number of nitrogens with zero attached hydrogens (tertiary/aromatic N) is 2. The molecule has 8 nitrogen and oxygen atoms in total. The summed E-state index contributed by atoms with van der Waals surface area (Å²) in [7, 11) is -4.17. The molecule has 132 valence electrons. The number of amides is 1. The van der Waals surface area contributed by atoms with Gasteiger partial charge >= 0.3 is 5.97 Å².